The smallest absolute Gasteiger partial charge is 0.548 e. The van der Waals surface area contributed by atoms with Crippen molar-refractivity contribution in [1.82, 2.24) is 4.98 Å². The van der Waals surface area contributed by atoms with Crippen molar-refractivity contribution in [2.45, 2.75) is 18.9 Å². The number of carboxylic acid groups (broad SMARTS) is 1. The number of nitrogens with zero attached hydrogens (tertiary/aromatic N) is 2. The van der Waals surface area contributed by atoms with Crippen LogP contribution in [-0.2, 0) is 4.79 Å². The van der Waals surface area contributed by atoms with Crippen molar-refractivity contribution < 1.29 is 61.3 Å². The van der Waals surface area contributed by atoms with Crippen LogP contribution in [0, 0.1) is 0 Å². The van der Waals surface area contributed by atoms with Gasteiger partial charge in [-0.3, -0.25) is 0 Å². The van der Waals surface area contributed by atoms with Crippen LogP contribution in [0.3, 0.4) is 0 Å². The molecule has 14 heavy (non-hydrogen) atoms. The molecule has 1 saturated heterocycles. The second kappa shape index (κ2) is 5.57. The van der Waals surface area contributed by atoms with Gasteiger partial charge in [0.1, 0.15) is 0 Å². The summed E-state index contributed by atoms with van der Waals surface area (Å²) in [5, 5.41) is 13.4. The summed E-state index contributed by atoms with van der Waals surface area (Å²) in [5.41, 5.74) is 0. The Morgan fingerprint density at radius 1 is 1.71 bits per heavy atom. The summed E-state index contributed by atoms with van der Waals surface area (Å²) < 4.78 is 0. The molecule has 1 aromatic heterocycles. The maximum absolute atomic E-state index is 10.7. The number of rotatable bonds is 2. The van der Waals surface area contributed by atoms with Crippen molar-refractivity contribution in [2.24, 2.45) is 0 Å². The minimum atomic E-state index is -0.993. The quantitative estimate of drug-likeness (QED) is 0.509. The van der Waals surface area contributed by atoms with Crippen molar-refractivity contribution in [3.05, 3.63) is 11.6 Å². The molecular formula is C8H9KN2O2S. The number of carboxylic acids is 1. The van der Waals surface area contributed by atoms with Crippen molar-refractivity contribution in [3.8, 4) is 0 Å². The number of aromatic nitrogens is 1. The number of thiazole rings is 1. The van der Waals surface area contributed by atoms with Crippen LogP contribution in [-0.4, -0.2) is 23.5 Å². The molecule has 1 aliphatic heterocycles. The molecule has 2 rings (SSSR count). The zero-order valence-electron chi connectivity index (χ0n) is 7.97. The normalized spacial score (nSPS) is 20.6. The van der Waals surface area contributed by atoms with Gasteiger partial charge in [-0.1, -0.05) is 0 Å². The van der Waals surface area contributed by atoms with Crippen molar-refractivity contribution in [1.29, 1.82) is 0 Å². The van der Waals surface area contributed by atoms with E-state index in [9.17, 15) is 9.90 Å². The Morgan fingerprint density at radius 3 is 3.07 bits per heavy atom. The third-order valence-corrected chi connectivity index (χ3v) is 3.00. The van der Waals surface area contributed by atoms with E-state index in [2.05, 4.69) is 4.98 Å². The van der Waals surface area contributed by atoms with Crippen LogP contribution in [0.5, 0.6) is 0 Å². The molecule has 0 unspecified atom stereocenters. The van der Waals surface area contributed by atoms with E-state index in [1.54, 1.807) is 11.1 Å². The number of carbonyl (C=O) groups is 1. The van der Waals surface area contributed by atoms with Crippen LogP contribution in [0.1, 0.15) is 12.8 Å². The first-order valence-corrected chi connectivity index (χ1v) is 5.04. The third-order valence-electron chi connectivity index (χ3n) is 2.19. The summed E-state index contributed by atoms with van der Waals surface area (Å²) >= 11 is 1.47. The fourth-order valence-electron chi connectivity index (χ4n) is 1.60. The molecule has 1 fully saturated rings. The van der Waals surface area contributed by atoms with E-state index < -0.39 is 12.0 Å². The Labute approximate surface area is 129 Å². The van der Waals surface area contributed by atoms with Crippen molar-refractivity contribution >= 4 is 22.4 Å². The molecule has 0 radical (unpaired) electrons. The SMILES string of the molecule is O=C([O-])[C@@H]1CCCN1c1nccs1.[K+]. The van der Waals surface area contributed by atoms with Gasteiger partial charge in [0, 0.05) is 18.1 Å². The van der Waals surface area contributed by atoms with E-state index in [1.165, 1.54) is 11.3 Å². The van der Waals surface area contributed by atoms with Gasteiger partial charge < -0.3 is 14.8 Å². The van der Waals surface area contributed by atoms with Crippen LogP contribution in [0.15, 0.2) is 11.6 Å². The average Bonchev–Trinajstić information content (AvgIpc) is 2.74. The maximum Gasteiger partial charge on any atom is 1.00 e. The molecule has 2 heterocycles. The van der Waals surface area contributed by atoms with Gasteiger partial charge in [0.05, 0.1) is 12.0 Å². The van der Waals surface area contributed by atoms with Gasteiger partial charge in [-0.05, 0) is 12.8 Å². The molecule has 0 N–H and O–H groups in total. The van der Waals surface area contributed by atoms with Gasteiger partial charge in [-0.15, -0.1) is 11.3 Å². The van der Waals surface area contributed by atoms with Gasteiger partial charge in [0.25, 0.3) is 0 Å². The first kappa shape index (κ1) is 12.6. The summed E-state index contributed by atoms with van der Waals surface area (Å²) in [6.45, 7) is 0.770. The standard InChI is InChI=1S/C8H10N2O2S.K/c11-7(12)6-2-1-4-10(6)8-9-3-5-13-8;/h3,5-6H,1-2,4H2,(H,11,12);/q;+1/p-1/t6-;/m0./s1. The molecule has 0 saturated carbocycles. The van der Waals surface area contributed by atoms with E-state index in [0.717, 1.165) is 18.1 Å². The zero-order valence-corrected chi connectivity index (χ0v) is 11.9. The average molecular weight is 236 g/mol. The topological polar surface area (TPSA) is 56.3 Å². The summed E-state index contributed by atoms with van der Waals surface area (Å²) in [7, 11) is 0. The molecule has 6 heteroatoms. The number of aliphatic carboxylic acids is 1. The second-order valence-electron chi connectivity index (χ2n) is 2.99. The Kier molecular flexibility index (Phi) is 5.02. The molecule has 1 aromatic rings. The van der Waals surface area contributed by atoms with Gasteiger partial charge in [-0.25, -0.2) is 4.98 Å². The van der Waals surface area contributed by atoms with Crippen LogP contribution in [0.2, 0.25) is 0 Å². The van der Waals surface area contributed by atoms with Crippen LogP contribution in [0.25, 0.3) is 0 Å². The molecule has 70 valence electrons. The molecule has 0 spiro atoms. The Morgan fingerprint density at radius 2 is 2.50 bits per heavy atom. The minimum absolute atomic E-state index is 0. The summed E-state index contributed by atoms with van der Waals surface area (Å²) in [6.07, 6.45) is 3.25. The van der Waals surface area contributed by atoms with E-state index in [0.29, 0.717) is 6.42 Å². The molecule has 1 atom stereocenters. The molecular weight excluding hydrogens is 227 g/mol. The largest absolute Gasteiger partial charge is 1.00 e. The molecule has 0 aliphatic carbocycles. The third kappa shape index (κ3) is 2.56. The van der Waals surface area contributed by atoms with Gasteiger partial charge in [-0.2, -0.15) is 0 Å². The van der Waals surface area contributed by atoms with E-state index in [4.69, 9.17) is 0 Å². The number of carbonyl (C=O) groups excluding carboxylic acids is 1. The molecule has 1 aliphatic rings. The Bertz CT molecular complexity index is 304. The summed E-state index contributed by atoms with van der Waals surface area (Å²) in [4.78, 5) is 16.6. The van der Waals surface area contributed by atoms with Crippen LogP contribution in [0.4, 0.5) is 5.13 Å². The predicted molar refractivity (Wildman–Crippen MR) is 47.5 cm³/mol. The predicted octanol–water partition coefficient (Wildman–Crippen LogP) is -3.13. The monoisotopic (exact) mass is 236 g/mol. The maximum atomic E-state index is 10.7. The molecule has 0 bridgehead atoms. The number of anilines is 1. The molecule has 0 amide bonds. The van der Waals surface area contributed by atoms with E-state index in [-0.39, 0.29) is 51.4 Å². The van der Waals surface area contributed by atoms with Crippen molar-refractivity contribution in [2.75, 3.05) is 11.4 Å². The van der Waals surface area contributed by atoms with Gasteiger partial charge in [0.15, 0.2) is 5.13 Å². The zero-order chi connectivity index (χ0) is 9.26. The van der Waals surface area contributed by atoms with E-state index >= 15 is 0 Å². The second-order valence-corrected chi connectivity index (χ2v) is 3.86. The molecule has 0 aromatic carbocycles. The first-order valence-electron chi connectivity index (χ1n) is 4.16. The first-order chi connectivity index (χ1) is 6.29. The fourth-order valence-corrected chi connectivity index (χ4v) is 2.32. The summed E-state index contributed by atoms with van der Waals surface area (Å²) in [5.74, 6) is -0.993. The van der Waals surface area contributed by atoms with Gasteiger partial charge in [0.2, 0.25) is 0 Å². The van der Waals surface area contributed by atoms with Crippen LogP contribution >= 0.6 is 11.3 Å². The Balaban J connectivity index is 0.000000980. The molecule has 4 nitrogen and oxygen atoms in total. The number of hydrogen-bond donors (Lipinski definition) is 0. The Hall–Kier alpha value is 0.536. The summed E-state index contributed by atoms with van der Waals surface area (Å²) in [6, 6.07) is -0.480. The number of hydrogen-bond acceptors (Lipinski definition) is 5. The van der Waals surface area contributed by atoms with E-state index in [1.807, 2.05) is 5.38 Å². The fraction of sp³-hybridized carbons (Fsp3) is 0.500. The van der Waals surface area contributed by atoms with Crippen LogP contribution < -0.4 is 61.4 Å². The van der Waals surface area contributed by atoms with Gasteiger partial charge >= 0.3 is 51.4 Å². The minimum Gasteiger partial charge on any atom is -0.548 e. The van der Waals surface area contributed by atoms with Crippen molar-refractivity contribution in [3.63, 3.8) is 0 Å².